The minimum atomic E-state index is -4.19. The van der Waals surface area contributed by atoms with Gasteiger partial charge in [0.05, 0.1) is 28.8 Å². The number of aryl methyl sites for hydroxylation is 1. The lowest BCUT2D eigenvalue weighted by molar-refractivity contribution is -0.138. The minimum absolute atomic E-state index is 0.0906. The van der Waals surface area contributed by atoms with Gasteiger partial charge in [-0.15, -0.1) is 0 Å². The van der Waals surface area contributed by atoms with Gasteiger partial charge in [0.25, 0.3) is 10.0 Å². The summed E-state index contributed by atoms with van der Waals surface area (Å²) in [4.78, 5) is 11.8. The second-order valence-corrected chi connectivity index (χ2v) is 12.3. The quantitative estimate of drug-likeness (QED) is 0.158. The molecule has 1 atom stereocenters. The van der Waals surface area contributed by atoms with Crippen molar-refractivity contribution in [1.82, 2.24) is 0 Å². The van der Waals surface area contributed by atoms with E-state index in [1.807, 2.05) is 48.5 Å². The van der Waals surface area contributed by atoms with E-state index in [1.165, 1.54) is 18.2 Å². The van der Waals surface area contributed by atoms with Gasteiger partial charge in [-0.05, 0) is 72.1 Å². The Morgan fingerprint density at radius 2 is 1.60 bits per heavy atom. The smallest absolute Gasteiger partial charge is 0.327 e. The van der Waals surface area contributed by atoms with Crippen LogP contribution in [0.3, 0.4) is 0 Å². The normalized spacial score (nSPS) is 14.3. The van der Waals surface area contributed by atoms with Gasteiger partial charge in [0.15, 0.2) is 0 Å². The van der Waals surface area contributed by atoms with Gasteiger partial charge in [-0.25, -0.2) is 13.2 Å². The van der Waals surface area contributed by atoms with Crippen molar-refractivity contribution in [1.29, 1.82) is 0 Å². The largest absolute Gasteiger partial charge is 0.493 e. The molecule has 0 radical (unpaired) electrons. The van der Waals surface area contributed by atoms with Crippen molar-refractivity contribution < 1.29 is 32.5 Å². The number of para-hydroxylation sites is 2. The second-order valence-electron chi connectivity index (χ2n) is 10.1. The van der Waals surface area contributed by atoms with Gasteiger partial charge in [-0.2, -0.15) is 0 Å². The van der Waals surface area contributed by atoms with Crippen molar-refractivity contribution in [3.63, 3.8) is 0 Å². The average Bonchev–Trinajstić information content (AvgIpc) is 3.40. The molecule has 0 fully saturated rings. The number of rotatable bonds is 13. The number of carbonyl (C=O) groups is 1. The molecule has 4 aromatic rings. The topological polar surface area (TPSA) is 102 Å². The Balaban J connectivity index is 1.18. The lowest BCUT2D eigenvalue weighted by atomic mass is 10.1. The summed E-state index contributed by atoms with van der Waals surface area (Å²) in [5.41, 5.74) is 2.07. The minimum Gasteiger partial charge on any atom is -0.493 e. The molecule has 0 bridgehead atoms. The van der Waals surface area contributed by atoms with Crippen LogP contribution >= 0.6 is 11.6 Å². The van der Waals surface area contributed by atoms with Crippen LogP contribution in [0.15, 0.2) is 95.9 Å². The second kappa shape index (κ2) is 13.4. The molecule has 10 heteroatoms. The maximum atomic E-state index is 13.5. The van der Waals surface area contributed by atoms with Gasteiger partial charge >= 0.3 is 5.97 Å². The predicted molar refractivity (Wildman–Crippen MR) is 165 cm³/mol. The monoisotopic (exact) mass is 621 g/mol. The molecule has 0 aliphatic carbocycles. The number of hydrogen-bond acceptors (Lipinski definition) is 6. The molecule has 1 N–H and O–H groups in total. The van der Waals surface area contributed by atoms with Gasteiger partial charge in [-0.3, -0.25) is 4.31 Å². The van der Waals surface area contributed by atoms with Gasteiger partial charge < -0.3 is 19.3 Å². The number of fused-ring (bicyclic) bond motifs is 1. The zero-order valence-corrected chi connectivity index (χ0v) is 25.2. The summed E-state index contributed by atoms with van der Waals surface area (Å²) in [7, 11) is -4.19. The third-order valence-electron chi connectivity index (χ3n) is 7.00. The number of hydrogen-bond donors (Lipinski definition) is 1. The van der Waals surface area contributed by atoms with E-state index in [2.05, 4.69) is 6.92 Å². The molecule has 224 valence electrons. The molecule has 43 heavy (non-hydrogen) atoms. The number of nitrogens with zero attached hydrogens (tertiary/aromatic N) is 1. The molecule has 0 aromatic heterocycles. The number of aliphatic carboxylic acids is 1. The number of carboxylic acid groups (broad SMARTS) is 1. The first-order valence-corrected chi connectivity index (χ1v) is 15.9. The number of halogens is 1. The highest BCUT2D eigenvalue weighted by Crippen LogP contribution is 2.38. The maximum absolute atomic E-state index is 13.5. The number of carboxylic acids is 1. The first-order valence-electron chi connectivity index (χ1n) is 14.0. The van der Waals surface area contributed by atoms with Gasteiger partial charge in [0, 0.05) is 12.8 Å². The molecule has 5 rings (SSSR count). The van der Waals surface area contributed by atoms with E-state index in [-0.39, 0.29) is 16.3 Å². The molecular weight excluding hydrogens is 590 g/mol. The lowest BCUT2D eigenvalue weighted by Gasteiger charge is -2.24. The fourth-order valence-corrected chi connectivity index (χ4v) is 6.96. The Labute approximate surface area is 256 Å². The van der Waals surface area contributed by atoms with Crippen LogP contribution in [0, 0.1) is 0 Å². The Morgan fingerprint density at radius 1 is 0.907 bits per heavy atom. The molecule has 4 aromatic carbocycles. The number of anilines is 1. The van der Waals surface area contributed by atoms with Crippen LogP contribution in [0.1, 0.15) is 30.9 Å². The number of benzene rings is 4. The zero-order valence-electron chi connectivity index (χ0n) is 23.6. The first-order chi connectivity index (χ1) is 20.8. The fraction of sp³-hybridized carbons (Fsp3) is 0.242. The van der Waals surface area contributed by atoms with Crippen molar-refractivity contribution in [2.45, 2.75) is 43.5 Å². The standard InChI is InChI=1S/C33H32ClNO7S/c1-2-9-24-20-26(42-25-11-4-3-5-12-25)14-16-31(24)40-18-8-19-41-32-17-15-27(22-28(32)34)43(38,39)35-29-13-7-6-10-23(29)21-30(35)33(36)37/h3-7,10-17,20,22,30H,2,8-9,18-19,21H2,1H3,(H,36,37)/t30-/m1/s1. The van der Waals surface area contributed by atoms with E-state index in [4.69, 9.17) is 25.8 Å². The van der Waals surface area contributed by atoms with Crippen molar-refractivity contribution in [3.05, 3.63) is 107 Å². The van der Waals surface area contributed by atoms with E-state index in [0.717, 1.165) is 40.0 Å². The highest BCUT2D eigenvalue weighted by molar-refractivity contribution is 7.93. The van der Waals surface area contributed by atoms with E-state index in [9.17, 15) is 18.3 Å². The summed E-state index contributed by atoms with van der Waals surface area (Å²) in [6.07, 6.45) is 2.46. The molecule has 0 unspecified atom stereocenters. The summed E-state index contributed by atoms with van der Waals surface area (Å²) in [5.74, 6) is 1.42. The van der Waals surface area contributed by atoms with Crippen LogP contribution < -0.4 is 18.5 Å². The lowest BCUT2D eigenvalue weighted by Crippen LogP contribution is -2.42. The van der Waals surface area contributed by atoms with Crippen LogP contribution in [-0.2, 0) is 27.7 Å². The van der Waals surface area contributed by atoms with Gasteiger partial charge in [0.1, 0.15) is 29.0 Å². The number of ether oxygens (including phenoxy) is 3. The Morgan fingerprint density at radius 3 is 2.33 bits per heavy atom. The van der Waals surface area contributed by atoms with Crippen LogP contribution in [0.25, 0.3) is 0 Å². The van der Waals surface area contributed by atoms with E-state index in [0.29, 0.717) is 36.6 Å². The Hall–Kier alpha value is -4.21. The molecule has 0 saturated heterocycles. The van der Waals surface area contributed by atoms with Crippen LogP contribution in [0.4, 0.5) is 5.69 Å². The molecule has 1 heterocycles. The van der Waals surface area contributed by atoms with E-state index < -0.39 is 22.0 Å². The summed E-state index contributed by atoms with van der Waals surface area (Å²) in [5, 5.41) is 9.83. The molecule has 0 saturated carbocycles. The van der Waals surface area contributed by atoms with E-state index >= 15 is 0 Å². The van der Waals surface area contributed by atoms with Crippen molar-refractivity contribution in [3.8, 4) is 23.0 Å². The van der Waals surface area contributed by atoms with Gasteiger partial charge in [0.2, 0.25) is 0 Å². The number of sulfonamides is 1. The van der Waals surface area contributed by atoms with E-state index in [1.54, 1.807) is 24.3 Å². The molecular formula is C33H32ClNO7S. The Bertz CT molecular complexity index is 1700. The van der Waals surface area contributed by atoms with Crippen LogP contribution in [-0.4, -0.2) is 38.7 Å². The third kappa shape index (κ3) is 6.89. The molecule has 0 spiro atoms. The molecule has 0 amide bonds. The first kappa shape index (κ1) is 30.3. The molecule has 1 aliphatic rings. The highest BCUT2D eigenvalue weighted by atomic mass is 35.5. The summed E-state index contributed by atoms with van der Waals surface area (Å²) >= 11 is 6.41. The summed E-state index contributed by atoms with van der Waals surface area (Å²) < 4.78 is 45.8. The predicted octanol–water partition coefficient (Wildman–Crippen LogP) is 7.14. The Kier molecular flexibility index (Phi) is 9.43. The van der Waals surface area contributed by atoms with Gasteiger partial charge in [-0.1, -0.05) is 61.3 Å². The molecule has 8 nitrogen and oxygen atoms in total. The average molecular weight is 622 g/mol. The summed E-state index contributed by atoms with van der Waals surface area (Å²) in [6, 6.07) is 25.1. The highest BCUT2D eigenvalue weighted by Gasteiger charge is 2.42. The van der Waals surface area contributed by atoms with Crippen molar-refractivity contribution in [2.75, 3.05) is 17.5 Å². The maximum Gasteiger partial charge on any atom is 0.327 e. The SMILES string of the molecule is CCCc1cc(Oc2ccccc2)ccc1OCCCOc1ccc(S(=O)(=O)N2c3ccccc3C[C@@H]2C(=O)O)cc1Cl. The third-order valence-corrected chi connectivity index (χ3v) is 9.12. The van der Waals surface area contributed by atoms with Crippen LogP contribution in [0.5, 0.6) is 23.0 Å². The zero-order chi connectivity index (χ0) is 30.4. The van der Waals surface area contributed by atoms with Crippen molar-refractivity contribution in [2.24, 2.45) is 0 Å². The van der Waals surface area contributed by atoms with Crippen molar-refractivity contribution >= 4 is 33.3 Å². The molecule has 1 aliphatic heterocycles. The summed E-state index contributed by atoms with van der Waals surface area (Å²) in [6.45, 7) is 2.81. The fourth-order valence-electron chi connectivity index (χ4n) is 4.99. The van der Waals surface area contributed by atoms with Crippen LogP contribution in [0.2, 0.25) is 5.02 Å².